The van der Waals surface area contributed by atoms with Gasteiger partial charge in [0.1, 0.15) is 0 Å². The third kappa shape index (κ3) is 3.39. The normalized spacial score (nSPS) is 10.7. The molecule has 0 amide bonds. The summed E-state index contributed by atoms with van der Waals surface area (Å²) in [7, 11) is 0. The first-order chi connectivity index (χ1) is 11.5. The van der Waals surface area contributed by atoms with Crippen LogP contribution < -0.4 is 4.90 Å². The van der Waals surface area contributed by atoms with E-state index in [0.717, 1.165) is 0 Å². The van der Waals surface area contributed by atoms with Crippen LogP contribution in [0.25, 0.3) is 0 Å². The lowest BCUT2D eigenvalue weighted by Gasteiger charge is -2.27. The predicted octanol–water partition coefficient (Wildman–Crippen LogP) is 7.15. The van der Waals surface area contributed by atoms with E-state index in [1.165, 1.54) is 43.8 Å². The van der Waals surface area contributed by atoms with Gasteiger partial charge < -0.3 is 4.90 Å². The van der Waals surface area contributed by atoms with Crippen molar-refractivity contribution in [1.29, 1.82) is 0 Å². The van der Waals surface area contributed by atoms with Crippen LogP contribution in [-0.4, -0.2) is 0 Å². The largest absolute Gasteiger partial charge is 0.310 e. The molecule has 0 heterocycles. The molecule has 3 aromatic carbocycles. The first-order valence-corrected chi connectivity index (χ1v) is 8.95. The van der Waals surface area contributed by atoms with Crippen LogP contribution in [0.4, 0.5) is 17.1 Å². The quantitative estimate of drug-likeness (QED) is 0.466. The van der Waals surface area contributed by atoms with Crippen LogP contribution in [0.1, 0.15) is 22.3 Å². The molecule has 3 aromatic rings. The molecule has 122 valence electrons. The van der Waals surface area contributed by atoms with E-state index >= 15 is 0 Å². The van der Waals surface area contributed by atoms with Crippen LogP contribution >= 0.6 is 15.9 Å². The molecule has 0 atom stereocenters. The lowest BCUT2D eigenvalue weighted by atomic mass is 10.1. The number of anilines is 3. The van der Waals surface area contributed by atoms with Crippen molar-refractivity contribution in [3.63, 3.8) is 0 Å². The molecule has 0 aliphatic carbocycles. The molecule has 0 N–H and O–H groups in total. The topological polar surface area (TPSA) is 3.24 Å². The number of halogens is 1. The summed E-state index contributed by atoms with van der Waals surface area (Å²) in [5.74, 6) is 0. The molecular formula is C22H22BrN. The van der Waals surface area contributed by atoms with Crippen LogP contribution in [0.2, 0.25) is 0 Å². The van der Waals surface area contributed by atoms with E-state index in [1.54, 1.807) is 0 Å². The summed E-state index contributed by atoms with van der Waals surface area (Å²) < 4.78 is 1.18. The van der Waals surface area contributed by atoms with E-state index in [9.17, 15) is 0 Å². The average molecular weight is 380 g/mol. The van der Waals surface area contributed by atoms with Gasteiger partial charge in [-0.2, -0.15) is 0 Å². The number of aryl methyl sites for hydroxylation is 4. The molecule has 0 fully saturated rings. The fraction of sp³-hybridized carbons (Fsp3) is 0.182. The van der Waals surface area contributed by atoms with Gasteiger partial charge in [-0.05, 0) is 75.2 Å². The smallest absolute Gasteiger partial charge is 0.0467 e. The van der Waals surface area contributed by atoms with Gasteiger partial charge >= 0.3 is 0 Å². The van der Waals surface area contributed by atoms with Crippen LogP contribution in [0.5, 0.6) is 0 Å². The highest BCUT2D eigenvalue weighted by Gasteiger charge is 2.14. The summed E-state index contributed by atoms with van der Waals surface area (Å²) in [4.78, 5) is 2.31. The van der Waals surface area contributed by atoms with Gasteiger partial charge in [0.05, 0.1) is 0 Å². The SMILES string of the molecule is Cc1ccc(N(c2ccc(C)cc2)c2cc(C)c(Br)c(C)c2)cc1. The molecule has 0 bridgehead atoms. The Morgan fingerprint density at radius 3 is 1.33 bits per heavy atom. The van der Waals surface area contributed by atoms with Crippen molar-refractivity contribution < 1.29 is 0 Å². The molecule has 0 radical (unpaired) electrons. The van der Waals surface area contributed by atoms with Crippen LogP contribution in [0, 0.1) is 27.7 Å². The summed E-state index contributed by atoms with van der Waals surface area (Å²) in [5, 5.41) is 0. The summed E-state index contributed by atoms with van der Waals surface area (Å²) in [6.45, 7) is 8.52. The maximum atomic E-state index is 3.68. The third-order valence-electron chi connectivity index (χ3n) is 4.26. The molecular weight excluding hydrogens is 358 g/mol. The second-order valence-electron chi connectivity index (χ2n) is 6.40. The zero-order chi connectivity index (χ0) is 17.3. The van der Waals surface area contributed by atoms with E-state index in [2.05, 4.69) is 109 Å². The Morgan fingerprint density at radius 1 is 0.583 bits per heavy atom. The van der Waals surface area contributed by atoms with Gasteiger partial charge in [-0.25, -0.2) is 0 Å². The first-order valence-electron chi connectivity index (χ1n) is 8.16. The Balaban J connectivity index is 2.18. The monoisotopic (exact) mass is 379 g/mol. The van der Waals surface area contributed by atoms with Gasteiger partial charge in [-0.3, -0.25) is 0 Å². The zero-order valence-electron chi connectivity index (χ0n) is 14.6. The molecule has 0 aliphatic heterocycles. The average Bonchev–Trinajstić information content (AvgIpc) is 2.56. The van der Waals surface area contributed by atoms with Gasteiger partial charge in [0.15, 0.2) is 0 Å². The minimum atomic E-state index is 1.17. The Labute approximate surface area is 153 Å². The maximum Gasteiger partial charge on any atom is 0.0467 e. The molecule has 0 unspecified atom stereocenters. The second-order valence-corrected chi connectivity index (χ2v) is 7.19. The molecule has 1 nitrogen and oxygen atoms in total. The lowest BCUT2D eigenvalue weighted by molar-refractivity contribution is 1.23. The molecule has 0 aliphatic rings. The molecule has 0 saturated heterocycles. The van der Waals surface area contributed by atoms with Crippen molar-refractivity contribution in [2.45, 2.75) is 27.7 Å². The highest BCUT2D eigenvalue weighted by molar-refractivity contribution is 9.10. The fourth-order valence-electron chi connectivity index (χ4n) is 2.89. The minimum Gasteiger partial charge on any atom is -0.310 e. The van der Waals surface area contributed by atoms with Gasteiger partial charge in [-0.1, -0.05) is 51.3 Å². The number of hydrogen-bond acceptors (Lipinski definition) is 1. The van der Waals surface area contributed by atoms with E-state index in [1.807, 2.05) is 0 Å². The zero-order valence-corrected chi connectivity index (χ0v) is 16.2. The Bertz CT molecular complexity index is 780. The Morgan fingerprint density at radius 2 is 0.958 bits per heavy atom. The number of nitrogens with zero attached hydrogens (tertiary/aromatic N) is 1. The lowest BCUT2D eigenvalue weighted by Crippen LogP contribution is -2.10. The van der Waals surface area contributed by atoms with Crippen molar-refractivity contribution in [3.8, 4) is 0 Å². The van der Waals surface area contributed by atoms with Gasteiger partial charge in [0, 0.05) is 21.5 Å². The van der Waals surface area contributed by atoms with Gasteiger partial charge in [0.2, 0.25) is 0 Å². The fourth-order valence-corrected chi connectivity index (χ4v) is 3.12. The molecule has 0 saturated carbocycles. The van der Waals surface area contributed by atoms with Crippen molar-refractivity contribution in [1.82, 2.24) is 0 Å². The van der Waals surface area contributed by atoms with Crippen molar-refractivity contribution in [3.05, 3.63) is 87.4 Å². The van der Waals surface area contributed by atoms with E-state index in [-0.39, 0.29) is 0 Å². The van der Waals surface area contributed by atoms with Gasteiger partial charge in [-0.15, -0.1) is 0 Å². The predicted molar refractivity (Wildman–Crippen MR) is 108 cm³/mol. The molecule has 2 heteroatoms. The number of hydrogen-bond donors (Lipinski definition) is 0. The molecule has 0 spiro atoms. The highest BCUT2D eigenvalue weighted by Crippen LogP contribution is 2.37. The van der Waals surface area contributed by atoms with Crippen molar-refractivity contribution in [2.75, 3.05) is 4.90 Å². The summed E-state index contributed by atoms with van der Waals surface area (Å²) in [5.41, 5.74) is 8.55. The maximum absolute atomic E-state index is 3.68. The molecule has 3 rings (SSSR count). The van der Waals surface area contributed by atoms with Crippen molar-refractivity contribution >= 4 is 33.0 Å². The van der Waals surface area contributed by atoms with Crippen LogP contribution in [-0.2, 0) is 0 Å². The Kier molecular flexibility index (Phi) is 4.77. The number of benzene rings is 3. The molecule has 24 heavy (non-hydrogen) atoms. The molecule has 0 aromatic heterocycles. The van der Waals surface area contributed by atoms with Crippen LogP contribution in [0.15, 0.2) is 65.1 Å². The summed E-state index contributed by atoms with van der Waals surface area (Å²) in [6.07, 6.45) is 0. The summed E-state index contributed by atoms with van der Waals surface area (Å²) in [6, 6.07) is 21.8. The second kappa shape index (κ2) is 6.82. The number of rotatable bonds is 3. The Hall–Kier alpha value is -2.06. The first kappa shape index (κ1) is 16.8. The third-order valence-corrected chi connectivity index (χ3v) is 5.51. The standard InChI is InChI=1S/C22H22BrN/c1-15-5-9-19(10-6-15)24(20-11-7-16(2)8-12-20)21-13-17(3)22(23)18(4)14-21/h5-14H,1-4H3. The van der Waals surface area contributed by atoms with Crippen LogP contribution in [0.3, 0.4) is 0 Å². The minimum absolute atomic E-state index is 1.17. The van der Waals surface area contributed by atoms with E-state index < -0.39 is 0 Å². The van der Waals surface area contributed by atoms with E-state index in [4.69, 9.17) is 0 Å². The van der Waals surface area contributed by atoms with E-state index in [0.29, 0.717) is 0 Å². The summed E-state index contributed by atoms with van der Waals surface area (Å²) >= 11 is 3.68. The van der Waals surface area contributed by atoms with Gasteiger partial charge in [0.25, 0.3) is 0 Å². The highest BCUT2D eigenvalue weighted by atomic mass is 79.9. The van der Waals surface area contributed by atoms with Crippen molar-refractivity contribution in [2.24, 2.45) is 0 Å².